The highest BCUT2D eigenvalue weighted by atomic mass is 35.5. The van der Waals surface area contributed by atoms with Crippen molar-refractivity contribution in [1.29, 1.82) is 0 Å². The van der Waals surface area contributed by atoms with Gasteiger partial charge in [-0.2, -0.15) is 17.4 Å². The van der Waals surface area contributed by atoms with E-state index in [0.29, 0.717) is 11.6 Å². The molecule has 2 atom stereocenters. The van der Waals surface area contributed by atoms with E-state index in [1.807, 2.05) is 0 Å². The van der Waals surface area contributed by atoms with Gasteiger partial charge in [0.2, 0.25) is 5.91 Å². The van der Waals surface area contributed by atoms with Crippen molar-refractivity contribution in [3.8, 4) is 0 Å². The quantitative estimate of drug-likeness (QED) is 0.616. The molecule has 1 aliphatic rings. The lowest BCUT2D eigenvalue weighted by atomic mass is 10.1. The Morgan fingerprint density at radius 2 is 2.31 bits per heavy atom. The van der Waals surface area contributed by atoms with Gasteiger partial charge < -0.3 is 10.1 Å². The fourth-order valence-corrected chi connectivity index (χ4v) is 5.47. The number of carbonyl (C=O) groups excluding carboxylic acids is 1. The largest absolute Gasteiger partial charge is 0.380 e. The number of thiazole rings is 1. The number of carbonyl (C=O) groups is 1. The maximum atomic E-state index is 13.4. The van der Waals surface area contributed by atoms with Crippen LogP contribution >= 0.6 is 22.9 Å². The number of aromatic nitrogens is 1. The zero-order valence-electron chi connectivity index (χ0n) is 15.5. The van der Waals surface area contributed by atoms with Gasteiger partial charge in [-0.15, -0.1) is 11.3 Å². The molecule has 3 rings (SSSR count). The summed E-state index contributed by atoms with van der Waals surface area (Å²) in [5.41, 5.74) is 0.271. The van der Waals surface area contributed by atoms with E-state index in [1.54, 1.807) is 18.5 Å². The minimum Gasteiger partial charge on any atom is -0.380 e. The number of anilines is 1. The first-order valence-corrected chi connectivity index (χ1v) is 11.5. The molecule has 2 aromatic rings. The Kier molecular flexibility index (Phi) is 7.19. The molecule has 2 N–H and O–H groups in total. The second kappa shape index (κ2) is 9.45. The van der Waals surface area contributed by atoms with Gasteiger partial charge in [-0.25, -0.2) is 9.37 Å². The molecule has 1 aromatic carbocycles. The minimum atomic E-state index is -3.96. The zero-order chi connectivity index (χ0) is 21.0. The van der Waals surface area contributed by atoms with Crippen LogP contribution in [0.4, 0.5) is 10.1 Å². The summed E-state index contributed by atoms with van der Waals surface area (Å²) >= 11 is 7.07. The molecule has 2 unspecified atom stereocenters. The van der Waals surface area contributed by atoms with Crippen molar-refractivity contribution < 1.29 is 22.3 Å². The summed E-state index contributed by atoms with van der Waals surface area (Å²) in [4.78, 5) is 17.1. The summed E-state index contributed by atoms with van der Waals surface area (Å²) in [6.45, 7) is 2.37. The van der Waals surface area contributed by atoms with Crippen LogP contribution in [0.5, 0.6) is 0 Å². The molecule has 0 radical (unpaired) electrons. The highest BCUT2D eigenvalue weighted by molar-refractivity contribution is 7.87. The minimum absolute atomic E-state index is 0.00994. The molecule has 0 spiro atoms. The van der Waals surface area contributed by atoms with Gasteiger partial charge in [-0.1, -0.05) is 11.6 Å². The maximum absolute atomic E-state index is 13.4. The van der Waals surface area contributed by atoms with E-state index in [9.17, 15) is 17.6 Å². The SMILES string of the molecule is CCOCCN1C(C(=O)Nc2ccc(F)c(Cl)c2)CC(c2nccs2)NS1(=O)=O. The van der Waals surface area contributed by atoms with Gasteiger partial charge in [0.1, 0.15) is 16.9 Å². The molecular formula is C17H20ClFN4O4S2. The lowest BCUT2D eigenvalue weighted by Crippen LogP contribution is -2.58. The molecule has 0 aliphatic carbocycles. The first kappa shape index (κ1) is 22.1. The van der Waals surface area contributed by atoms with Crippen molar-refractivity contribution in [2.45, 2.75) is 25.4 Å². The smallest absolute Gasteiger partial charge is 0.280 e. The molecule has 1 saturated heterocycles. The third-order valence-corrected chi connectivity index (χ3v) is 7.12. The normalized spacial score (nSPS) is 21.8. The summed E-state index contributed by atoms with van der Waals surface area (Å²) < 4.78 is 48.0. The average molecular weight is 463 g/mol. The van der Waals surface area contributed by atoms with Crippen LogP contribution in [0.1, 0.15) is 24.4 Å². The predicted molar refractivity (Wildman–Crippen MR) is 109 cm³/mol. The van der Waals surface area contributed by atoms with E-state index < -0.39 is 34.0 Å². The monoisotopic (exact) mass is 462 g/mol. The van der Waals surface area contributed by atoms with Crippen LogP contribution in [0.3, 0.4) is 0 Å². The summed E-state index contributed by atoms with van der Waals surface area (Å²) in [6, 6.07) is 2.13. The fraction of sp³-hybridized carbons (Fsp3) is 0.412. The number of halogens is 2. The molecule has 1 aliphatic heterocycles. The first-order chi connectivity index (χ1) is 13.8. The van der Waals surface area contributed by atoms with Crippen LogP contribution in [0.2, 0.25) is 5.02 Å². The molecular weight excluding hydrogens is 443 g/mol. The second-order valence-electron chi connectivity index (χ2n) is 6.22. The van der Waals surface area contributed by atoms with Crippen LogP contribution < -0.4 is 10.0 Å². The van der Waals surface area contributed by atoms with Gasteiger partial charge in [0.15, 0.2) is 0 Å². The Bertz CT molecular complexity index is 958. The van der Waals surface area contributed by atoms with Crippen LogP contribution in [0, 0.1) is 5.82 Å². The summed E-state index contributed by atoms with van der Waals surface area (Å²) in [7, 11) is -3.96. The van der Waals surface area contributed by atoms with E-state index in [0.717, 1.165) is 10.4 Å². The molecule has 2 heterocycles. The Hall–Kier alpha value is -1.63. The van der Waals surface area contributed by atoms with Crippen molar-refractivity contribution >= 4 is 44.7 Å². The van der Waals surface area contributed by atoms with Gasteiger partial charge in [0, 0.05) is 30.4 Å². The Labute approximate surface area is 177 Å². The van der Waals surface area contributed by atoms with Crippen LogP contribution in [-0.2, 0) is 19.7 Å². The maximum Gasteiger partial charge on any atom is 0.280 e. The average Bonchev–Trinajstić information content (AvgIpc) is 3.20. The van der Waals surface area contributed by atoms with Crippen molar-refractivity contribution in [3.05, 3.63) is 45.6 Å². The lowest BCUT2D eigenvalue weighted by Gasteiger charge is -2.37. The van der Waals surface area contributed by atoms with Gasteiger partial charge in [0.25, 0.3) is 10.2 Å². The van der Waals surface area contributed by atoms with E-state index in [2.05, 4.69) is 15.0 Å². The summed E-state index contributed by atoms with van der Waals surface area (Å²) in [6.07, 6.45) is 1.75. The van der Waals surface area contributed by atoms with Crippen molar-refractivity contribution in [3.63, 3.8) is 0 Å². The van der Waals surface area contributed by atoms with Crippen LogP contribution in [0.25, 0.3) is 0 Å². The van der Waals surface area contributed by atoms with E-state index >= 15 is 0 Å². The summed E-state index contributed by atoms with van der Waals surface area (Å²) in [5.74, 6) is -1.16. The Morgan fingerprint density at radius 1 is 1.52 bits per heavy atom. The topological polar surface area (TPSA) is 101 Å². The number of nitrogens with one attached hydrogen (secondary N) is 2. The number of amides is 1. The van der Waals surface area contributed by atoms with Gasteiger partial charge in [-0.3, -0.25) is 4.79 Å². The molecule has 0 bridgehead atoms. The molecule has 1 amide bonds. The molecule has 158 valence electrons. The Morgan fingerprint density at radius 3 is 2.97 bits per heavy atom. The number of benzene rings is 1. The molecule has 29 heavy (non-hydrogen) atoms. The third kappa shape index (κ3) is 5.30. The molecule has 1 fully saturated rings. The standard InChI is InChI=1S/C17H20ClFN4O4S2/c1-2-27-7-6-23-15(16(24)21-11-3-4-13(19)12(18)9-11)10-14(22-29(23,25)26)17-20-5-8-28-17/h3-5,8-9,14-15,22H,2,6-7,10H2,1H3,(H,21,24). The number of ether oxygens (including phenoxy) is 1. The highest BCUT2D eigenvalue weighted by Crippen LogP contribution is 2.30. The predicted octanol–water partition coefficient (Wildman–Crippen LogP) is 2.56. The van der Waals surface area contributed by atoms with Gasteiger partial charge >= 0.3 is 0 Å². The number of rotatable bonds is 7. The van der Waals surface area contributed by atoms with E-state index in [4.69, 9.17) is 16.3 Å². The first-order valence-electron chi connectivity index (χ1n) is 8.84. The van der Waals surface area contributed by atoms with E-state index in [-0.39, 0.29) is 30.3 Å². The lowest BCUT2D eigenvalue weighted by molar-refractivity contribution is -0.120. The molecule has 12 heteroatoms. The number of nitrogens with zero attached hydrogens (tertiary/aromatic N) is 2. The number of hydrogen-bond acceptors (Lipinski definition) is 6. The Balaban J connectivity index is 1.85. The highest BCUT2D eigenvalue weighted by Gasteiger charge is 2.43. The fourth-order valence-electron chi connectivity index (χ4n) is 2.97. The van der Waals surface area contributed by atoms with Crippen LogP contribution in [0.15, 0.2) is 29.8 Å². The van der Waals surface area contributed by atoms with E-state index in [1.165, 1.54) is 23.5 Å². The third-order valence-electron chi connectivity index (χ3n) is 4.31. The van der Waals surface area contributed by atoms with Crippen molar-refractivity contribution in [2.24, 2.45) is 0 Å². The summed E-state index contributed by atoms with van der Waals surface area (Å²) in [5, 5.41) is 4.78. The zero-order valence-corrected chi connectivity index (χ0v) is 17.9. The number of hydrogen-bond donors (Lipinski definition) is 2. The van der Waals surface area contributed by atoms with Gasteiger partial charge in [0.05, 0.1) is 17.7 Å². The van der Waals surface area contributed by atoms with Crippen molar-refractivity contribution in [2.75, 3.05) is 25.1 Å². The van der Waals surface area contributed by atoms with Gasteiger partial charge in [-0.05, 0) is 31.5 Å². The second-order valence-corrected chi connectivity index (χ2v) is 9.21. The molecule has 0 saturated carbocycles. The van der Waals surface area contributed by atoms with Crippen LogP contribution in [-0.4, -0.2) is 49.4 Å². The van der Waals surface area contributed by atoms with Crippen molar-refractivity contribution in [1.82, 2.24) is 14.0 Å². The molecule has 1 aromatic heterocycles. The molecule has 8 nitrogen and oxygen atoms in total.